The topological polar surface area (TPSA) is 162 Å². The molecule has 9 nitrogen and oxygen atoms in total. The average Bonchev–Trinajstić information content (AvgIpc) is 1.59. The molecule has 0 atom stereocenters. The maximum absolute atomic E-state index is 9.08. The predicted octanol–water partition coefficient (Wildman–Crippen LogP) is -4.53. The van der Waals surface area contributed by atoms with Crippen molar-refractivity contribution >= 4 is 18.2 Å². The Morgan fingerprint density at radius 1 is 1.23 bits per heavy atom. The third-order valence-corrected chi connectivity index (χ3v) is 0.283. The standard InChI is InChI=1S/Ce.Na.H2O5S.H3O4P.H/c;;1-5-6(2,3)4;1-5(2,3)4;/h;;1H,(H,2,3,4);(H3,1,2,3,4);/q;+1;;;-1. The first-order valence-corrected chi connectivity index (χ1v) is 4.58. The van der Waals surface area contributed by atoms with Crippen LogP contribution in [0.1, 0.15) is 1.43 Å². The molecule has 0 rings (SSSR count). The van der Waals surface area contributed by atoms with Crippen molar-refractivity contribution in [1.82, 2.24) is 0 Å². The normalized spacial score (nSPS) is 9.92. The van der Waals surface area contributed by atoms with Crippen molar-refractivity contribution in [2.45, 2.75) is 0 Å². The second-order valence-corrected chi connectivity index (χ2v) is 3.05. The van der Waals surface area contributed by atoms with Crippen LogP contribution in [0.4, 0.5) is 0 Å². The van der Waals surface area contributed by atoms with Gasteiger partial charge in [-0.3, -0.25) is 4.55 Å². The van der Waals surface area contributed by atoms with E-state index in [-0.39, 0.29) is 72.7 Å². The maximum Gasteiger partial charge on any atom is 1.00 e. The summed E-state index contributed by atoms with van der Waals surface area (Å²) in [5.74, 6) is 0. The Balaban J connectivity index is -0.0000000321. The Morgan fingerprint density at radius 3 is 1.31 bits per heavy atom. The second-order valence-electron chi connectivity index (χ2n) is 1.02. The molecule has 0 saturated heterocycles. The number of phosphoric acid groups is 1. The average molecular weight is 376 g/mol. The van der Waals surface area contributed by atoms with Crippen LogP contribution in [0.15, 0.2) is 0 Å². The first kappa shape index (κ1) is 24.5. The molecule has 0 radical (unpaired) electrons. The smallest absolute Gasteiger partial charge is 1.00 e. The van der Waals surface area contributed by atoms with Gasteiger partial charge in [0.1, 0.15) is 0 Å². The SMILES string of the molecule is O=P(O)(O)O.O=S(=O)(O)OO.[Ce].[H-].[Na+]. The fourth-order valence-corrected chi connectivity index (χ4v) is 0. The molecule has 0 fully saturated rings. The van der Waals surface area contributed by atoms with Crippen molar-refractivity contribution in [1.29, 1.82) is 0 Å². The van der Waals surface area contributed by atoms with Gasteiger partial charge in [0.15, 0.2) is 0 Å². The summed E-state index contributed by atoms with van der Waals surface area (Å²) in [4.78, 5) is 21.6. The van der Waals surface area contributed by atoms with Gasteiger partial charge in [0.25, 0.3) is 0 Å². The summed E-state index contributed by atoms with van der Waals surface area (Å²) in [6.45, 7) is 0. The zero-order chi connectivity index (χ0) is 9.71. The first-order chi connectivity index (χ1) is 4.56. The molecule has 0 aromatic heterocycles. The van der Waals surface area contributed by atoms with Crippen LogP contribution in [-0.2, 0) is 19.3 Å². The molecule has 0 bridgehead atoms. The quantitative estimate of drug-likeness (QED) is 0.0998. The minimum atomic E-state index is -4.64. The van der Waals surface area contributed by atoms with Crippen LogP contribution < -0.4 is 29.6 Å². The summed E-state index contributed by atoms with van der Waals surface area (Å²) in [5.41, 5.74) is 0. The second kappa shape index (κ2) is 10.8. The van der Waals surface area contributed by atoms with Crippen molar-refractivity contribution in [3.63, 3.8) is 0 Å². The molecule has 0 aromatic carbocycles. The van der Waals surface area contributed by atoms with Gasteiger partial charge in [-0.2, -0.15) is 8.42 Å². The van der Waals surface area contributed by atoms with Gasteiger partial charge in [-0.15, -0.1) is 0 Å². The van der Waals surface area contributed by atoms with Crippen molar-refractivity contribution in [2.75, 3.05) is 0 Å². The fourth-order valence-electron chi connectivity index (χ4n) is 0. The van der Waals surface area contributed by atoms with Gasteiger partial charge in [0, 0.05) is 41.7 Å². The molecular weight excluding hydrogens is 370 g/mol. The molecule has 0 aliphatic rings. The third-order valence-electron chi connectivity index (χ3n) is 0.0942. The molecule has 0 amide bonds. The van der Waals surface area contributed by atoms with Crippen LogP contribution >= 0.6 is 7.82 Å². The zero-order valence-corrected chi connectivity index (χ0v) is 13.1. The summed E-state index contributed by atoms with van der Waals surface area (Å²) in [6.07, 6.45) is 0. The van der Waals surface area contributed by atoms with E-state index in [0.29, 0.717) is 0 Å². The molecule has 76 valence electrons. The van der Waals surface area contributed by atoms with Crippen LogP contribution in [-0.4, -0.2) is 32.9 Å². The number of hydrogen-bond acceptors (Lipinski definition) is 5. The monoisotopic (exact) mass is 376 g/mol. The van der Waals surface area contributed by atoms with Gasteiger partial charge >= 0.3 is 47.8 Å². The van der Waals surface area contributed by atoms with Gasteiger partial charge in [-0.05, 0) is 0 Å². The number of hydrogen-bond donors (Lipinski definition) is 5. The summed E-state index contributed by atoms with van der Waals surface area (Å²) in [5, 5.41) is 7.06. The predicted molar refractivity (Wildman–Crippen MR) is 30.6 cm³/mol. The Morgan fingerprint density at radius 2 is 1.31 bits per heavy atom. The van der Waals surface area contributed by atoms with Crippen molar-refractivity contribution in [3.05, 3.63) is 0 Å². The third kappa shape index (κ3) is 76.8. The summed E-state index contributed by atoms with van der Waals surface area (Å²) in [6, 6.07) is 0. The molecule has 5 N–H and O–H groups in total. The minimum Gasteiger partial charge on any atom is -1.00 e. The largest absolute Gasteiger partial charge is 1.00 e. The van der Waals surface area contributed by atoms with Crippen LogP contribution in [0.25, 0.3) is 0 Å². The molecule has 0 unspecified atom stereocenters. The van der Waals surface area contributed by atoms with E-state index >= 15 is 0 Å². The summed E-state index contributed by atoms with van der Waals surface area (Å²) in [7, 11) is -9.25. The van der Waals surface area contributed by atoms with Gasteiger partial charge in [0.05, 0.1) is 0 Å². The van der Waals surface area contributed by atoms with Gasteiger partial charge in [-0.1, -0.05) is 4.33 Å². The molecule has 0 saturated carbocycles. The maximum atomic E-state index is 9.08. The van der Waals surface area contributed by atoms with Crippen LogP contribution in [0.3, 0.4) is 0 Å². The van der Waals surface area contributed by atoms with Gasteiger partial charge < -0.3 is 16.1 Å². The van der Waals surface area contributed by atoms with Crippen LogP contribution in [0.2, 0.25) is 0 Å². The van der Waals surface area contributed by atoms with E-state index in [4.69, 9.17) is 37.5 Å². The van der Waals surface area contributed by atoms with Crippen molar-refractivity contribution in [3.8, 4) is 0 Å². The summed E-state index contributed by atoms with van der Waals surface area (Å²) < 4.78 is 36.8. The van der Waals surface area contributed by atoms with Crippen molar-refractivity contribution < 1.29 is 115 Å². The van der Waals surface area contributed by atoms with Crippen LogP contribution in [0, 0.1) is 41.7 Å². The molecule has 0 aromatic rings. The molecule has 0 aliphatic carbocycles. The van der Waals surface area contributed by atoms with E-state index in [1.54, 1.807) is 0 Å². The summed E-state index contributed by atoms with van der Waals surface area (Å²) >= 11 is 0. The van der Waals surface area contributed by atoms with E-state index in [2.05, 4.69) is 4.33 Å². The minimum absolute atomic E-state index is 0. The number of rotatable bonds is 1. The molecular formula is H6CeNaO9PS. The van der Waals surface area contributed by atoms with E-state index < -0.39 is 18.2 Å². The van der Waals surface area contributed by atoms with E-state index in [0.717, 1.165) is 0 Å². The Kier molecular flexibility index (Phi) is 20.4. The van der Waals surface area contributed by atoms with Crippen LogP contribution in [0.5, 0.6) is 0 Å². The Labute approximate surface area is 131 Å². The zero-order valence-electron chi connectivity index (χ0n) is 7.22. The van der Waals surface area contributed by atoms with E-state index in [9.17, 15) is 0 Å². The molecule has 13 heavy (non-hydrogen) atoms. The first-order valence-electron chi connectivity index (χ1n) is 1.65. The molecule has 13 heteroatoms. The molecule has 0 spiro atoms. The molecule has 0 heterocycles. The van der Waals surface area contributed by atoms with Gasteiger partial charge in [-0.25, -0.2) is 9.82 Å². The van der Waals surface area contributed by atoms with E-state index in [1.807, 2.05) is 0 Å². The molecule has 0 aliphatic heterocycles. The van der Waals surface area contributed by atoms with Crippen molar-refractivity contribution in [2.24, 2.45) is 0 Å². The van der Waals surface area contributed by atoms with E-state index in [1.165, 1.54) is 0 Å². The van der Waals surface area contributed by atoms with Gasteiger partial charge in [0.2, 0.25) is 0 Å². The Bertz CT molecular complexity index is 223. The Hall–Kier alpha value is 2.32. The fraction of sp³-hybridized carbons (Fsp3) is 0.